The molecule has 212 valence electrons. The topological polar surface area (TPSA) is 56.3 Å². The first-order valence-electron chi connectivity index (χ1n) is 14.7. The summed E-state index contributed by atoms with van der Waals surface area (Å²) in [5, 5.41) is 0. The average Bonchev–Trinajstić information content (AvgIpc) is 3.38. The summed E-state index contributed by atoms with van der Waals surface area (Å²) in [4.78, 5) is 34.2. The van der Waals surface area contributed by atoms with Gasteiger partial charge >= 0.3 is 12.1 Å². The van der Waals surface area contributed by atoms with Crippen LogP contribution in [-0.4, -0.2) is 83.1 Å². The fourth-order valence-corrected chi connectivity index (χ4v) is 5.70. The van der Waals surface area contributed by atoms with Gasteiger partial charge in [0.15, 0.2) is 0 Å². The van der Waals surface area contributed by atoms with Crippen LogP contribution in [-0.2, 0) is 17.8 Å². The average molecular weight is 535 g/mol. The van der Waals surface area contributed by atoms with Crippen molar-refractivity contribution in [2.24, 2.45) is 0 Å². The molecular weight excluding hydrogens is 488 g/mol. The molecule has 0 aliphatic carbocycles. The van der Waals surface area contributed by atoms with Crippen molar-refractivity contribution in [2.75, 3.05) is 39.4 Å². The van der Waals surface area contributed by atoms with E-state index < -0.39 is 0 Å². The molecule has 4 amide bonds. The van der Waals surface area contributed by atoms with Gasteiger partial charge in [0.05, 0.1) is 12.1 Å². The molecule has 0 radical (unpaired) electrons. The number of urea groups is 2. The van der Waals surface area contributed by atoms with Crippen LogP contribution >= 0.6 is 0 Å². The lowest BCUT2D eigenvalue weighted by Crippen LogP contribution is -2.36. The van der Waals surface area contributed by atoms with E-state index in [4.69, 9.17) is 4.74 Å². The zero-order valence-electron chi connectivity index (χ0n) is 24.3. The third-order valence-electron chi connectivity index (χ3n) is 7.88. The second kappa shape index (κ2) is 13.8. The Hall–Kier alpha value is -3.06. The molecule has 0 spiro atoms. The van der Waals surface area contributed by atoms with Gasteiger partial charge in [0.1, 0.15) is 0 Å². The Morgan fingerprint density at radius 3 is 1.41 bits per heavy atom. The predicted molar refractivity (Wildman–Crippen MR) is 156 cm³/mol. The maximum Gasteiger partial charge on any atom is 0.320 e. The zero-order chi connectivity index (χ0) is 27.8. The van der Waals surface area contributed by atoms with E-state index in [0.29, 0.717) is 26.3 Å². The van der Waals surface area contributed by atoms with E-state index in [1.165, 1.54) is 22.3 Å². The summed E-state index contributed by atoms with van der Waals surface area (Å²) >= 11 is 0. The summed E-state index contributed by atoms with van der Waals surface area (Å²) in [6.07, 6.45) is 3.56. The third kappa shape index (κ3) is 7.53. The lowest BCUT2D eigenvalue weighted by Gasteiger charge is -2.24. The molecule has 2 aliphatic rings. The normalized spacial score (nSPS) is 19.6. The van der Waals surface area contributed by atoms with Crippen LogP contribution in [0.5, 0.6) is 0 Å². The van der Waals surface area contributed by atoms with Crippen molar-refractivity contribution in [1.29, 1.82) is 0 Å². The van der Waals surface area contributed by atoms with Gasteiger partial charge in [-0.15, -0.1) is 0 Å². The molecule has 2 atom stereocenters. The van der Waals surface area contributed by atoms with Crippen molar-refractivity contribution in [3.8, 4) is 0 Å². The second-order valence-electron chi connectivity index (χ2n) is 11.2. The summed E-state index contributed by atoms with van der Waals surface area (Å²) in [6.45, 7) is 14.0. The fourth-order valence-electron chi connectivity index (χ4n) is 5.70. The van der Waals surface area contributed by atoms with Gasteiger partial charge in [0.25, 0.3) is 0 Å². The molecule has 2 saturated heterocycles. The van der Waals surface area contributed by atoms with Crippen LogP contribution < -0.4 is 0 Å². The molecular formula is C32H46N4O3. The number of carbonyl (C=O) groups excluding carboxylic acids is 2. The van der Waals surface area contributed by atoms with Gasteiger partial charge in [-0.2, -0.15) is 0 Å². The minimum Gasteiger partial charge on any atom is -0.381 e. The van der Waals surface area contributed by atoms with Gasteiger partial charge in [0, 0.05) is 52.5 Å². The van der Waals surface area contributed by atoms with E-state index in [1.54, 1.807) is 0 Å². The molecule has 2 aromatic rings. The Bertz CT molecular complexity index is 986. The number of nitrogens with zero attached hydrogens (tertiary/aromatic N) is 4. The molecule has 0 bridgehead atoms. The maximum absolute atomic E-state index is 13.1. The Morgan fingerprint density at radius 2 is 1.05 bits per heavy atom. The van der Waals surface area contributed by atoms with Gasteiger partial charge in [-0.1, -0.05) is 73.5 Å². The highest BCUT2D eigenvalue weighted by Gasteiger charge is 2.37. The quantitative estimate of drug-likeness (QED) is 0.287. The standard InChI is InChI=1S/C32H46N4O3/c1-5-17-35-29(23-33(31(35)37)21-27-11-7-25(3)8-12-27)15-19-39-20-16-30-24-34(32(38)36(30)18-6-2)22-28-13-9-26(4)10-14-28/h7-14,29-30H,5-6,15-24H2,1-4H3. The van der Waals surface area contributed by atoms with Crippen LogP contribution in [0.1, 0.15) is 61.8 Å². The highest BCUT2D eigenvalue weighted by Crippen LogP contribution is 2.24. The summed E-state index contributed by atoms with van der Waals surface area (Å²) in [6, 6.07) is 17.5. The van der Waals surface area contributed by atoms with E-state index >= 15 is 0 Å². The van der Waals surface area contributed by atoms with Gasteiger partial charge in [0.2, 0.25) is 0 Å². The number of aryl methyl sites for hydroxylation is 2. The van der Waals surface area contributed by atoms with Gasteiger partial charge in [-0.3, -0.25) is 0 Å². The molecule has 2 unspecified atom stereocenters. The lowest BCUT2D eigenvalue weighted by molar-refractivity contribution is 0.0981. The van der Waals surface area contributed by atoms with Crippen LogP contribution in [0.25, 0.3) is 0 Å². The molecule has 0 aromatic heterocycles. The van der Waals surface area contributed by atoms with Crippen molar-refractivity contribution < 1.29 is 14.3 Å². The van der Waals surface area contributed by atoms with Crippen molar-refractivity contribution in [1.82, 2.24) is 19.6 Å². The minimum atomic E-state index is 0.135. The first-order chi connectivity index (χ1) is 18.9. The Labute approximate surface area is 234 Å². The molecule has 4 rings (SSSR count). The number of amides is 4. The number of rotatable bonds is 14. The molecule has 0 saturated carbocycles. The van der Waals surface area contributed by atoms with Crippen LogP contribution in [0.4, 0.5) is 9.59 Å². The fraction of sp³-hybridized carbons (Fsp3) is 0.562. The Balaban J connectivity index is 1.24. The number of ether oxygens (including phenoxy) is 1. The highest BCUT2D eigenvalue weighted by atomic mass is 16.5. The number of hydrogen-bond acceptors (Lipinski definition) is 3. The number of hydrogen-bond donors (Lipinski definition) is 0. The Kier molecular flexibility index (Phi) is 10.3. The molecule has 7 nitrogen and oxygen atoms in total. The summed E-state index contributed by atoms with van der Waals surface area (Å²) in [7, 11) is 0. The lowest BCUT2D eigenvalue weighted by atomic mass is 10.1. The van der Waals surface area contributed by atoms with Gasteiger partial charge in [-0.25, -0.2) is 9.59 Å². The summed E-state index contributed by atoms with van der Waals surface area (Å²) in [5.74, 6) is 0. The van der Waals surface area contributed by atoms with Gasteiger partial charge in [-0.05, 0) is 50.7 Å². The van der Waals surface area contributed by atoms with E-state index in [1.807, 2.05) is 19.6 Å². The molecule has 2 aromatic carbocycles. The SMILES string of the molecule is CCCN1C(=O)N(Cc2ccc(C)cc2)CC1CCOCCC1CN(Cc2ccc(C)cc2)C(=O)N1CCC. The molecule has 7 heteroatoms. The van der Waals surface area contributed by atoms with Crippen LogP contribution in [0, 0.1) is 13.8 Å². The second-order valence-corrected chi connectivity index (χ2v) is 11.2. The largest absolute Gasteiger partial charge is 0.381 e. The van der Waals surface area contributed by atoms with Crippen molar-refractivity contribution in [3.05, 3.63) is 70.8 Å². The van der Waals surface area contributed by atoms with E-state index in [9.17, 15) is 9.59 Å². The monoisotopic (exact) mass is 534 g/mol. The van der Waals surface area contributed by atoms with E-state index in [0.717, 1.165) is 51.9 Å². The summed E-state index contributed by atoms with van der Waals surface area (Å²) in [5.41, 5.74) is 4.80. The maximum atomic E-state index is 13.1. The van der Waals surface area contributed by atoms with E-state index in [-0.39, 0.29) is 24.1 Å². The Morgan fingerprint density at radius 1 is 0.667 bits per heavy atom. The minimum absolute atomic E-state index is 0.135. The predicted octanol–water partition coefficient (Wildman–Crippen LogP) is 5.83. The number of benzene rings is 2. The number of carbonyl (C=O) groups is 2. The summed E-state index contributed by atoms with van der Waals surface area (Å²) < 4.78 is 6.10. The highest BCUT2D eigenvalue weighted by molar-refractivity contribution is 5.77. The molecule has 2 heterocycles. The molecule has 2 fully saturated rings. The first-order valence-corrected chi connectivity index (χ1v) is 14.7. The zero-order valence-corrected chi connectivity index (χ0v) is 24.3. The van der Waals surface area contributed by atoms with Crippen molar-refractivity contribution >= 4 is 12.1 Å². The first kappa shape index (κ1) is 28.9. The third-order valence-corrected chi connectivity index (χ3v) is 7.88. The molecule has 2 aliphatic heterocycles. The van der Waals surface area contributed by atoms with Crippen LogP contribution in [0.15, 0.2) is 48.5 Å². The van der Waals surface area contributed by atoms with E-state index in [2.05, 4.69) is 76.2 Å². The molecule has 0 N–H and O–H groups in total. The van der Waals surface area contributed by atoms with Crippen LogP contribution in [0.3, 0.4) is 0 Å². The van der Waals surface area contributed by atoms with Crippen molar-refractivity contribution in [2.45, 2.75) is 78.6 Å². The van der Waals surface area contributed by atoms with Crippen LogP contribution in [0.2, 0.25) is 0 Å². The van der Waals surface area contributed by atoms with Gasteiger partial charge < -0.3 is 24.3 Å². The smallest absolute Gasteiger partial charge is 0.320 e. The molecule has 39 heavy (non-hydrogen) atoms. The van der Waals surface area contributed by atoms with Crippen molar-refractivity contribution in [3.63, 3.8) is 0 Å².